The molecule has 4 heteroatoms. The van der Waals surface area contributed by atoms with Gasteiger partial charge in [-0.1, -0.05) is 18.2 Å². The summed E-state index contributed by atoms with van der Waals surface area (Å²) in [5.74, 6) is 0.242. The lowest BCUT2D eigenvalue weighted by atomic mass is 9.83. The van der Waals surface area contributed by atoms with Crippen LogP contribution in [0.3, 0.4) is 0 Å². The van der Waals surface area contributed by atoms with Crippen LogP contribution in [-0.4, -0.2) is 14.7 Å². The molecule has 0 atom stereocenters. The van der Waals surface area contributed by atoms with Crippen molar-refractivity contribution in [3.63, 3.8) is 0 Å². The summed E-state index contributed by atoms with van der Waals surface area (Å²) in [5, 5.41) is 19.0. The number of hydrogen-bond acceptors (Lipinski definition) is 3. The van der Waals surface area contributed by atoms with Gasteiger partial charge in [-0.25, -0.2) is 4.98 Å². The zero-order chi connectivity index (χ0) is 17.2. The van der Waals surface area contributed by atoms with Gasteiger partial charge in [0.1, 0.15) is 5.75 Å². The van der Waals surface area contributed by atoms with E-state index >= 15 is 0 Å². The Balaban J connectivity index is 2.09. The van der Waals surface area contributed by atoms with Crippen LogP contribution < -0.4 is 0 Å². The fourth-order valence-electron chi connectivity index (χ4n) is 2.62. The van der Waals surface area contributed by atoms with Crippen molar-refractivity contribution in [1.29, 1.82) is 5.26 Å². The van der Waals surface area contributed by atoms with E-state index < -0.39 is 5.41 Å². The summed E-state index contributed by atoms with van der Waals surface area (Å²) < 4.78 is 2.00. The van der Waals surface area contributed by atoms with Crippen LogP contribution in [0.2, 0.25) is 0 Å². The number of benzene rings is 2. The number of nitrogens with zero attached hydrogens (tertiary/aromatic N) is 3. The molecule has 1 aromatic heterocycles. The highest BCUT2D eigenvalue weighted by Gasteiger charge is 2.21. The van der Waals surface area contributed by atoms with Gasteiger partial charge >= 0.3 is 0 Å². The Labute approximate surface area is 141 Å². The predicted octanol–water partition coefficient (Wildman–Crippen LogP) is 4.11. The van der Waals surface area contributed by atoms with Gasteiger partial charge in [-0.3, -0.25) is 0 Å². The smallest absolute Gasteiger partial charge is 0.115 e. The first-order valence-corrected chi connectivity index (χ1v) is 7.79. The summed E-state index contributed by atoms with van der Waals surface area (Å²) in [7, 11) is 0. The second-order valence-corrected chi connectivity index (χ2v) is 6.44. The average molecular weight is 317 g/mol. The number of imidazole rings is 1. The predicted molar refractivity (Wildman–Crippen MR) is 93.5 cm³/mol. The SMILES string of the molecule is CC(C)(C#N)c1cc(Cn2ccnc2)cc(-c2ccc(O)cc2)c1. The fraction of sp³-hybridized carbons (Fsp3) is 0.200. The zero-order valence-corrected chi connectivity index (χ0v) is 13.8. The normalized spacial score (nSPS) is 11.2. The minimum absolute atomic E-state index is 0.242. The molecule has 0 unspecified atom stereocenters. The molecule has 0 fully saturated rings. The Morgan fingerprint density at radius 3 is 2.50 bits per heavy atom. The molecule has 1 N–H and O–H groups in total. The third kappa shape index (κ3) is 3.31. The second-order valence-electron chi connectivity index (χ2n) is 6.44. The van der Waals surface area contributed by atoms with Gasteiger partial charge in [-0.05, 0) is 60.4 Å². The molecule has 120 valence electrons. The highest BCUT2D eigenvalue weighted by atomic mass is 16.3. The molecule has 24 heavy (non-hydrogen) atoms. The maximum atomic E-state index is 9.50. The molecular weight excluding hydrogens is 298 g/mol. The van der Waals surface area contributed by atoms with Crippen LogP contribution in [0.5, 0.6) is 5.75 Å². The van der Waals surface area contributed by atoms with Gasteiger partial charge in [0.05, 0.1) is 17.8 Å². The van der Waals surface area contributed by atoms with Crippen LogP contribution in [-0.2, 0) is 12.0 Å². The highest BCUT2D eigenvalue weighted by molar-refractivity contribution is 5.66. The molecule has 1 heterocycles. The van der Waals surface area contributed by atoms with Crippen molar-refractivity contribution in [2.75, 3.05) is 0 Å². The van der Waals surface area contributed by atoms with Gasteiger partial charge in [-0.15, -0.1) is 0 Å². The van der Waals surface area contributed by atoms with Crippen molar-refractivity contribution in [1.82, 2.24) is 9.55 Å². The second kappa shape index (κ2) is 6.21. The van der Waals surface area contributed by atoms with Crippen molar-refractivity contribution in [2.45, 2.75) is 25.8 Å². The summed E-state index contributed by atoms with van der Waals surface area (Å²) in [6.45, 7) is 4.54. The molecule has 0 aliphatic heterocycles. The molecule has 0 spiro atoms. The largest absolute Gasteiger partial charge is 0.508 e. The number of phenolic OH excluding ortho intramolecular Hbond substituents is 1. The molecular formula is C20H19N3O. The number of phenols is 1. The van der Waals surface area contributed by atoms with E-state index in [4.69, 9.17) is 0 Å². The number of rotatable bonds is 4. The molecule has 0 aliphatic carbocycles. The van der Waals surface area contributed by atoms with Crippen LogP contribution in [0.1, 0.15) is 25.0 Å². The topological polar surface area (TPSA) is 61.8 Å². The maximum Gasteiger partial charge on any atom is 0.115 e. The van der Waals surface area contributed by atoms with Gasteiger partial charge < -0.3 is 9.67 Å². The van der Waals surface area contributed by atoms with Crippen LogP contribution in [0.25, 0.3) is 11.1 Å². The Hall–Kier alpha value is -3.06. The van der Waals surface area contributed by atoms with E-state index in [9.17, 15) is 10.4 Å². The lowest BCUT2D eigenvalue weighted by Crippen LogP contribution is -2.14. The quantitative estimate of drug-likeness (QED) is 0.788. The van der Waals surface area contributed by atoms with E-state index in [1.807, 2.05) is 42.8 Å². The van der Waals surface area contributed by atoms with Gasteiger partial charge in [0, 0.05) is 18.9 Å². The highest BCUT2D eigenvalue weighted by Crippen LogP contribution is 2.30. The molecule has 0 saturated heterocycles. The maximum absolute atomic E-state index is 9.50. The van der Waals surface area contributed by atoms with E-state index in [1.165, 1.54) is 0 Å². The lowest BCUT2D eigenvalue weighted by Gasteiger charge is -2.19. The molecule has 4 nitrogen and oxygen atoms in total. The number of hydrogen-bond donors (Lipinski definition) is 1. The van der Waals surface area contributed by atoms with E-state index in [-0.39, 0.29) is 5.75 Å². The third-order valence-corrected chi connectivity index (χ3v) is 4.12. The fourth-order valence-corrected chi connectivity index (χ4v) is 2.62. The molecule has 0 radical (unpaired) electrons. The third-order valence-electron chi connectivity index (χ3n) is 4.12. The van der Waals surface area contributed by atoms with Gasteiger partial charge in [0.2, 0.25) is 0 Å². The molecule has 0 saturated carbocycles. The van der Waals surface area contributed by atoms with Crippen molar-refractivity contribution < 1.29 is 5.11 Å². The molecule has 3 aromatic rings. The summed E-state index contributed by atoms with van der Waals surface area (Å²) in [6, 6.07) is 15.7. The summed E-state index contributed by atoms with van der Waals surface area (Å²) in [5.41, 5.74) is 3.56. The van der Waals surface area contributed by atoms with Gasteiger partial charge in [0.25, 0.3) is 0 Å². The first-order valence-electron chi connectivity index (χ1n) is 7.79. The Bertz CT molecular complexity index is 872. The molecule has 0 aliphatic rings. The van der Waals surface area contributed by atoms with E-state index in [0.29, 0.717) is 6.54 Å². The van der Waals surface area contributed by atoms with Gasteiger partial charge in [-0.2, -0.15) is 5.26 Å². The standard InChI is InChI=1S/C20H19N3O/c1-20(2,13-21)18-10-15(12-23-8-7-22-14-23)9-17(11-18)16-3-5-19(24)6-4-16/h3-11,14,24H,12H2,1-2H3. The Kier molecular flexibility index (Phi) is 4.09. The van der Waals surface area contributed by atoms with E-state index in [1.54, 1.807) is 24.7 Å². The van der Waals surface area contributed by atoms with Crippen molar-refractivity contribution in [3.05, 3.63) is 72.3 Å². The number of nitriles is 1. The van der Waals surface area contributed by atoms with Crippen LogP contribution in [0, 0.1) is 11.3 Å². The molecule has 0 bridgehead atoms. The van der Waals surface area contributed by atoms with E-state index in [0.717, 1.165) is 22.3 Å². The van der Waals surface area contributed by atoms with Gasteiger partial charge in [0.15, 0.2) is 0 Å². The first kappa shape index (κ1) is 15.8. The molecule has 0 amide bonds. The van der Waals surface area contributed by atoms with Crippen LogP contribution in [0.15, 0.2) is 61.2 Å². The van der Waals surface area contributed by atoms with Crippen LogP contribution >= 0.6 is 0 Å². The zero-order valence-electron chi connectivity index (χ0n) is 13.8. The molecule has 2 aromatic carbocycles. The minimum Gasteiger partial charge on any atom is -0.508 e. The molecule has 3 rings (SSSR count). The summed E-state index contributed by atoms with van der Waals surface area (Å²) in [6.07, 6.45) is 5.45. The Morgan fingerprint density at radius 2 is 1.88 bits per heavy atom. The first-order chi connectivity index (χ1) is 11.5. The van der Waals surface area contributed by atoms with Crippen molar-refractivity contribution in [3.8, 4) is 22.9 Å². The van der Waals surface area contributed by atoms with E-state index in [2.05, 4.69) is 23.2 Å². The summed E-state index contributed by atoms with van der Waals surface area (Å²) in [4.78, 5) is 4.08. The average Bonchev–Trinajstić information content (AvgIpc) is 3.08. The lowest BCUT2D eigenvalue weighted by molar-refractivity contribution is 0.475. The van der Waals surface area contributed by atoms with Crippen molar-refractivity contribution in [2.24, 2.45) is 0 Å². The number of aromatic hydroxyl groups is 1. The Morgan fingerprint density at radius 1 is 1.12 bits per heavy atom. The van der Waals surface area contributed by atoms with Crippen LogP contribution in [0.4, 0.5) is 0 Å². The summed E-state index contributed by atoms with van der Waals surface area (Å²) >= 11 is 0. The van der Waals surface area contributed by atoms with Crippen molar-refractivity contribution >= 4 is 0 Å². The number of aromatic nitrogens is 2. The monoisotopic (exact) mass is 317 g/mol. The minimum atomic E-state index is -0.573.